The SMILES string of the molecule is O=[C+]c1ccc(-c2ccc([OH2+])cc2)cc1. The standard InChI is InChI=1S/C13H8O2/c14-9-10-1-3-11(4-2-10)12-5-7-13(15)8-6-12/h1-8H/p+2. The van der Waals surface area contributed by atoms with E-state index >= 15 is 0 Å². The first-order valence-electron chi connectivity index (χ1n) is 4.60. The third kappa shape index (κ3) is 2.01. The normalized spacial score (nSPS) is 9.60. The van der Waals surface area contributed by atoms with Crippen molar-refractivity contribution in [1.29, 1.82) is 0 Å². The number of benzene rings is 2. The van der Waals surface area contributed by atoms with E-state index < -0.39 is 0 Å². The molecule has 2 rings (SSSR count). The van der Waals surface area contributed by atoms with Gasteiger partial charge in [-0.25, -0.2) is 0 Å². The lowest BCUT2D eigenvalue weighted by Crippen LogP contribution is -1.81. The molecule has 0 unspecified atom stereocenters. The van der Waals surface area contributed by atoms with Gasteiger partial charge < -0.3 is 5.11 Å². The Morgan fingerprint density at radius 3 is 1.73 bits per heavy atom. The van der Waals surface area contributed by atoms with Gasteiger partial charge in [0, 0.05) is 29.8 Å². The van der Waals surface area contributed by atoms with Gasteiger partial charge in [-0.1, -0.05) is 0 Å². The predicted molar refractivity (Wildman–Crippen MR) is 59.7 cm³/mol. The summed E-state index contributed by atoms with van der Waals surface area (Å²) < 4.78 is 0. The van der Waals surface area contributed by atoms with E-state index in [4.69, 9.17) is 5.11 Å². The minimum atomic E-state index is 0.497. The van der Waals surface area contributed by atoms with E-state index in [0.717, 1.165) is 11.1 Å². The Morgan fingerprint density at radius 2 is 1.27 bits per heavy atom. The summed E-state index contributed by atoms with van der Waals surface area (Å²) in [4.78, 5) is 10.3. The lowest BCUT2D eigenvalue weighted by atomic mass is 10.0. The van der Waals surface area contributed by atoms with Crippen molar-refractivity contribution in [1.82, 2.24) is 0 Å². The Hall–Kier alpha value is -2.18. The average Bonchev–Trinajstić information content (AvgIpc) is 2.30. The van der Waals surface area contributed by atoms with Crippen LogP contribution >= 0.6 is 0 Å². The molecule has 0 radical (unpaired) electrons. The highest BCUT2D eigenvalue weighted by Crippen LogP contribution is 2.21. The first-order chi connectivity index (χ1) is 7.29. The van der Waals surface area contributed by atoms with Gasteiger partial charge in [-0.3, -0.25) is 0 Å². The summed E-state index contributed by atoms with van der Waals surface area (Å²) in [5.41, 5.74) is 2.63. The Bertz CT molecular complexity index is 455. The van der Waals surface area contributed by atoms with Crippen LogP contribution in [0.25, 0.3) is 11.1 Å². The van der Waals surface area contributed by atoms with Gasteiger partial charge in [0.05, 0.1) is 12.1 Å². The minimum Gasteiger partial charge on any atom is -0.593 e. The van der Waals surface area contributed by atoms with Gasteiger partial charge in [-0.15, -0.1) is 4.79 Å². The van der Waals surface area contributed by atoms with E-state index in [-0.39, 0.29) is 0 Å². The highest BCUT2D eigenvalue weighted by molar-refractivity contribution is 5.77. The van der Waals surface area contributed by atoms with Crippen molar-refractivity contribution < 1.29 is 9.90 Å². The fourth-order valence-electron chi connectivity index (χ4n) is 1.39. The van der Waals surface area contributed by atoms with Gasteiger partial charge in [0.15, 0.2) is 0 Å². The van der Waals surface area contributed by atoms with Crippen LogP contribution in [0.2, 0.25) is 0 Å². The van der Waals surface area contributed by atoms with Crippen LogP contribution in [0.15, 0.2) is 48.5 Å². The Morgan fingerprint density at radius 1 is 0.800 bits per heavy atom. The molecular formula is C13H10O2+2. The third-order valence-corrected chi connectivity index (χ3v) is 2.22. The molecule has 2 aromatic rings. The van der Waals surface area contributed by atoms with Crippen molar-refractivity contribution in [2.75, 3.05) is 0 Å². The zero-order valence-corrected chi connectivity index (χ0v) is 8.03. The molecule has 0 aliphatic rings. The smallest absolute Gasteiger partial charge is 0.303 e. The van der Waals surface area contributed by atoms with E-state index in [0.29, 0.717) is 11.3 Å². The van der Waals surface area contributed by atoms with Crippen molar-refractivity contribution in [3.8, 4) is 16.9 Å². The molecule has 2 nitrogen and oxygen atoms in total. The topological polar surface area (TPSA) is 40.0 Å². The predicted octanol–water partition coefficient (Wildman–Crippen LogP) is 2.25. The van der Waals surface area contributed by atoms with E-state index in [2.05, 4.69) is 0 Å². The van der Waals surface area contributed by atoms with Crippen LogP contribution < -0.4 is 0 Å². The second kappa shape index (κ2) is 3.91. The largest absolute Gasteiger partial charge is 0.593 e. The van der Waals surface area contributed by atoms with Crippen LogP contribution in [0.5, 0.6) is 5.75 Å². The van der Waals surface area contributed by atoms with Crippen LogP contribution in [-0.4, -0.2) is 11.4 Å². The van der Waals surface area contributed by atoms with Gasteiger partial charge in [-0.2, -0.15) is 0 Å². The average molecular weight is 198 g/mol. The van der Waals surface area contributed by atoms with E-state index in [9.17, 15) is 4.79 Å². The Balaban J connectivity index is 2.37. The van der Waals surface area contributed by atoms with E-state index in [1.807, 2.05) is 30.6 Å². The zero-order valence-electron chi connectivity index (χ0n) is 8.03. The molecule has 0 atom stereocenters. The number of rotatable bonds is 2. The van der Waals surface area contributed by atoms with E-state index in [1.54, 1.807) is 24.3 Å². The van der Waals surface area contributed by atoms with Crippen LogP contribution in [-0.2, 0) is 4.79 Å². The Kier molecular flexibility index (Phi) is 2.44. The summed E-state index contributed by atoms with van der Waals surface area (Å²) in [5.74, 6) is 0.497. The summed E-state index contributed by atoms with van der Waals surface area (Å²) in [6, 6.07) is 14.5. The highest BCUT2D eigenvalue weighted by atomic mass is 16.3. The van der Waals surface area contributed by atoms with Gasteiger partial charge in [0.1, 0.15) is 0 Å². The third-order valence-electron chi connectivity index (χ3n) is 2.22. The maximum Gasteiger partial charge on any atom is 0.303 e. The first kappa shape index (κ1) is 9.38. The quantitative estimate of drug-likeness (QED) is 0.539. The molecule has 0 amide bonds. The fourth-order valence-corrected chi connectivity index (χ4v) is 1.39. The maximum absolute atomic E-state index is 10.3. The van der Waals surface area contributed by atoms with Crippen molar-refractivity contribution >= 4 is 6.29 Å². The molecule has 0 spiro atoms. The molecule has 0 aliphatic carbocycles. The molecule has 15 heavy (non-hydrogen) atoms. The van der Waals surface area contributed by atoms with Crippen molar-refractivity contribution in [2.45, 2.75) is 0 Å². The molecule has 0 aromatic heterocycles. The lowest BCUT2D eigenvalue weighted by Gasteiger charge is -1.97. The van der Waals surface area contributed by atoms with Gasteiger partial charge >= 0.3 is 6.29 Å². The van der Waals surface area contributed by atoms with Crippen LogP contribution in [0, 0.1) is 0 Å². The summed E-state index contributed by atoms with van der Waals surface area (Å²) in [6.07, 6.45) is 1.83. The van der Waals surface area contributed by atoms with Crippen molar-refractivity contribution in [3.05, 3.63) is 54.1 Å². The Labute approximate surface area is 87.8 Å². The monoisotopic (exact) mass is 198 g/mol. The molecule has 0 bridgehead atoms. The number of hydrogen-bond donors (Lipinski definition) is 0. The molecule has 2 heteroatoms. The number of hydrogen-bond acceptors (Lipinski definition) is 1. The van der Waals surface area contributed by atoms with Crippen molar-refractivity contribution in [2.24, 2.45) is 0 Å². The van der Waals surface area contributed by atoms with Crippen LogP contribution in [0.1, 0.15) is 5.56 Å². The second-order valence-corrected chi connectivity index (χ2v) is 3.26. The fraction of sp³-hybridized carbons (Fsp3) is 0. The molecule has 0 aliphatic heterocycles. The molecule has 2 aromatic carbocycles. The molecule has 0 heterocycles. The number of carbonyl (C=O) groups excluding carboxylic acids is 1. The minimum absolute atomic E-state index is 0.497. The first-order valence-corrected chi connectivity index (χ1v) is 4.60. The van der Waals surface area contributed by atoms with Crippen molar-refractivity contribution in [3.63, 3.8) is 0 Å². The summed E-state index contributed by atoms with van der Waals surface area (Å²) >= 11 is 0. The molecule has 0 saturated carbocycles. The molecule has 0 fully saturated rings. The van der Waals surface area contributed by atoms with E-state index in [1.165, 1.54) is 0 Å². The zero-order chi connectivity index (χ0) is 10.7. The summed E-state index contributed by atoms with van der Waals surface area (Å²) in [6.45, 7) is 0. The van der Waals surface area contributed by atoms with Crippen LogP contribution in [0.3, 0.4) is 0 Å². The van der Waals surface area contributed by atoms with Crippen LogP contribution in [0.4, 0.5) is 0 Å². The molecule has 0 saturated heterocycles. The molecular weight excluding hydrogens is 188 g/mol. The summed E-state index contributed by atoms with van der Waals surface area (Å²) in [5, 5.41) is 7.37. The highest BCUT2D eigenvalue weighted by Gasteiger charge is 2.04. The lowest BCUT2D eigenvalue weighted by molar-refractivity contribution is 0.475. The second-order valence-electron chi connectivity index (χ2n) is 3.26. The van der Waals surface area contributed by atoms with Gasteiger partial charge in [0.25, 0.3) is 5.75 Å². The maximum atomic E-state index is 10.3. The van der Waals surface area contributed by atoms with Gasteiger partial charge in [0.2, 0.25) is 5.56 Å². The molecule has 2 N–H and O–H groups in total. The summed E-state index contributed by atoms with van der Waals surface area (Å²) in [7, 11) is 0. The molecule has 72 valence electrons. The van der Waals surface area contributed by atoms with Gasteiger partial charge in [-0.05, 0) is 17.7 Å².